The molecule has 1 fully saturated rings. The molecular formula is C21H22F2N4OS2. The van der Waals surface area contributed by atoms with Crippen LogP contribution in [0.5, 0.6) is 0 Å². The van der Waals surface area contributed by atoms with E-state index in [9.17, 15) is 13.6 Å². The number of carbonyl (C=O) groups is 1. The first-order valence-electron chi connectivity index (χ1n) is 9.94. The highest BCUT2D eigenvalue weighted by Crippen LogP contribution is 2.33. The predicted octanol–water partition coefficient (Wildman–Crippen LogP) is 5.44. The van der Waals surface area contributed by atoms with Crippen molar-refractivity contribution in [1.29, 1.82) is 0 Å². The highest BCUT2D eigenvalue weighted by atomic mass is 32.2. The Kier molecular flexibility index (Phi) is 6.79. The molecule has 2 aromatic heterocycles. The zero-order chi connectivity index (χ0) is 20.9. The van der Waals surface area contributed by atoms with E-state index in [4.69, 9.17) is 0 Å². The minimum Gasteiger partial charge on any atom is -0.325 e. The minimum absolute atomic E-state index is 0.114. The van der Waals surface area contributed by atoms with E-state index in [-0.39, 0.29) is 17.3 Å². The average molecular weight is 449 g/mol. The molecule has 0 radical (unpaired) electrons. The third kappa shape index (κ3) is 5.07. The van der Waals surface area contributed by atoms with E-state index in [1.165, 1.54) is 42.0 Å². The molecule has 158 valence electrons. The van der Waals surface area contributed by atoms with Crippen LogP contribution in [-0.2, 0) is 11.2 Å². The number of nitrogens with zero attached hydrogens (tertiary/aromatic N) is 3. The second-order valence-electron chi connectivity index (χ2n) is 7.28. The van der Waals surface area contributed by atoms with E-state index in [2.05, 4.69) is 31.5 Å². The number of benzene rings is 1. The van der Waals surface area contributed by atoms with E-state index in [0.29, 0.717) is 6.04 Å². The Morgan fingerprint density at radius 3 is 2.73 bits per heavy atom. The number of thiophene rings is 1. The van der Waals surface area contributed by atoms with Crippen LogP contribution in [0.2, 0.25) is 0 Å². The van der Waals surface area contributed by atoms with Gasteiger partial charge in [-0.1, -0.05) is 37.1 Å². The summed E-state index contributed by atoms with van der Waals surface area (Å²) >= 11 is 3.02. The van der Waals surface area contributed by atoms with Gasteiger partial charge in [-0.3, -0.25) is 4.79 Å². The van der Waals surface area contributed by atoms with E-state index in [1.54, 1.807) is 11.3 Å². The summed E-state index contributed by atoms with van der Waals surface area (Å²) in [5, 5.41) is 14.2. The van der Waals surface area contributed by atoms with Crippen molar-refractivity contribution < 1.29 is 13.6 Å². The SMILES string of the molecule is O=C(CSc1nnc(Cc2cccs2)n1C1CCCCC1)Nc1ccc(F)c(F)c1. The van der Waals surface area contributed by atoms with Gasteiger partial charge in [0, 0.05) is 29.1 Å². The molecule has 1 saturated carbocycles. The van der Waals surface area contributed by atoms with Crippen molar-refractivity contribution in [2.24, 2.45) is 0 Å². The maximum Gasteiger partial charge on any atom is 0.234 e. The summed E-state index contributed by atoms with van der Waals surface area (Å²) in [6, 6.07) is 7.77. The summed E-state index contributed by atoms with van der Waals surface area (Å²) in [5.41, 5.74) is 0.228. The van der Waals surface area contributed by atoms with Crippen molar-refractivity contribution in [2.75, 3.05) is 11.1 Å². The molecule has 2 heterocycles. The fourth-order valence-electron chi connectivity index (χ4n) is 3.70. The van der Waals surface area contributed by atoms with Crippen LogP contribution in [0.15, 0.2) is 40.9 Å². The molecule has 0 saturated heterocycles. The Hall–Kier alpha value is -2.26. The Labute approximate surface area is 181 Å². The van der Waals surface area contributed by atoms with Gasteiger partial charge in [0.25, 0.3) is 0 Å². The Bertz CT molecular complexity index is 1000. The number of hydrogen-bond donors (Lipinski definition) is 1. The van der Waals surface area contributed by atoms with E-state index in [0.717, 1.165) is 42.4 Å². The smallest absolute Gasteiger partial charge is 0.234 e. The van der Waals surface area contributed by atoms with Gasteiger partial charge in [0.05, 0.1) is 5.75 Å². The monoisotopic (exact) mass is 448 g/mol. The molecule has 0 spiro atoms. The molecule has 0 atom stereocenters. The summed E-state index contributed by atoms with van der Waals surface area (Å²) in [7, 11) is 0. The van der Waals surface area contributed by atoms with Gasteiger partial charge in [-0.05, 0) is 36.4 Å². The highest BCUT2D eigenvalue weighted by Gasteiger charge is 2.23. The number of rotatable bonds is 7. The summed E-state index contributed by atoms with van der Waals surface area (Å²) in [6.07, 6.45) is 6.51. The lowest BCUT2D eigenvalue weighted by molar-refractivity contribution is -0.113. The van der Waals surface area contributed by atoms with Crippen molar-refractivity contribution >= 4 is 34.7 Å². The summed E-state index contributed by atoms with van der Waals surface area (Å²) in [4.78, 5) is 13.6. The number of thioether (sulfide) groups is 1. The van der Waals surface area contributed by atoms with Crippen LogP contribution < -0.4 is 5.32 Å². The van der Waals surface area contributed by atoms with Crippen molar-refractivity contribution in [3.63, 3.8) is 0 Å². The third-order valence-corrected chi connectivity index (χ3v) is 6.94. The molecule has 0 unspecified atom stereocenters. The third-order valence-electron chi connectivity index (χ3n) is 5.12. The molecule has 3 aromatic rings. The number of amides is 1. The van der Waals surface area contributed by atoms with Crippen molar-refractivity contribution in [3.8, 4) is 0 Å². The van der Waals surface area contributed by atoms with E-state index >= 15 is 0 Å². The van der Waals surface area contributed by atoms with Crippen LogP contribution in [0.25, 0.3) is 0 Å². The average Bonchev–Trinajstić information content (AvgIpc) is 3.40. The molecule has 1 aliphatic rings. The van der Waals surface area contributed by atoms with Gasteiger partial charge in [-0.15, -0.1) is 21.5 Å². The molecule has 1 N–H and O–H groups in total. The van der Waals surface area contributed by atoms with Crippen LogP contribution >= 0.6 is 23.1 Å². The zero-order valence-electron chi connectivity index (χ0n) is 16.3. The van der Waals surface area contributed by atoms with Crippen LogP contribution in [0.3, 0.4) is 0 Å². The van der Waals surface area contributed by atoms with Crippen molar-refractivity contribution in [2.45, 2.75) is 49.7 Å². The molecule has 1 aliphatic carbocycles. The topological polar surface area (TPSA) is 59.8 Å². The first-order valence-corrected chi connectivity index (χ1v) is 11.8. The van der Waals surface area contributed by atoms with E-state index < -0.39 is 11.6 Å². The number of carbonyl (C=O) groups excluding carboxylic acids is 1. The lowest BCUT2D eigenvalue weighted by atomic mass is 9.95. The quantitative estimate of drug-likeness (QED) is 0.489. The highest BCUT2D eigenvalue weighted by molar-refractivity contribution is 7.99. The van der Waals surface area contributed by atoms with Gasteiger partial charge >= 0.3 is 0 Å². The Morgan fingerprint density at radius 2 is 2.00 bits per heavy atom. The largest absolute Gasteiger partial charge is 0.325 e. The first-order chi connectivity index (χ1) is 14.6. The number of halogens is 2. The Morgan fingerprint density at radius 1 is 1.17 bits per heavy atom. The molecular weight excluding hydrogens is 426 g/mol. The number of aromatic nitrogens is 3. The molecule has 5 nitrogen and oxygen atoms in total. The molecule has 4 rings (SSSR count). The predicted molar refractivity (Wildman–Crippen MR) is 115 cm³/mol. The van der Waals surface area contributed by atoms with E-state index in [1.807, 2.05) is 6.07 Å². The van der Waals surface area contributed by atoms with Crippen LogP contribution in [0.1, 0.15) is 48.8 Å². The van der Waals surface area contributed by atoms with Gasteiger partial charge in [0.15, 0.2) is 16.8 Å². The first kappa shape index (κ1) is 21.0. The second-order valence-corrected chi connectivity index (χ2v) is 9.26. The zero-order valence-corrected chi connectivity index (χ0v) is 17.9. The van der Waals surface area contributed by atoms with Gasteiger partial charge in [-0.25, -0.2) is 8.78 Å². The molecule has 1 amide bonds. The number of anilines is 1. The summed E-state index contributed by atoms with van der Waals surface area (Å²) in [6.45, 7) is 0. The van der Waals surface area contributed by atoms with Crippen molar-refractivity contribution in [1.82, 2.24) is 14.8 Å². The summed E-state index contributed by atoms with van der Waals surface area (Å²) < 4.78 is 28.6. The lowest BCUT2D eigenvalue weighted by Crippen LogP contribution is -2.18. The van der Waals surface area contributed by atoms with Crippen molar-refractivity contribution in [3.05, 3.63) is 58.0 Å². The van der Waals surface area contributed by atoms with Gasteiger partial charge in [-0.2, -0.15) is 0 Å². The Balaban J connectivity index is 1.46. The van der Waals surface area contributed by atoms with Gasteiger partial charge in [0.2, 0.25) is 5.91 Å². The molecule has 30 heavy (non-hydrogen) atoms. The molecule has 0 aliphatic heterocycles. The van der Waals surface area contributed by atoms with Crippen LogP contribution in [-0.4, -0.2) is 26.4 Å². The fraction of sp³-hybridized carbons (Fsp3) is 0.381. The molecule has 0 bridgehead atoms. The number of hydrogen-bond acceptors (Lipinski definition) is 5. The van der Waals surface area contributed by atoms with Crippen LogP contribution in [0, 0.1) is 11.6 Å². The fourth-order valence-corrected chi connectivity index (χ4v) is 5.23. The van der Waals surface area contributed by atoms with Gasteiger partial charge in [0.1, 0.15) is 5.82 Å². The standard InChI is InChI=1S/C21H22F2N4OS2/c22-17-9-8-14(11-18(17)23)24-20(28)13-30-21-26-25-19(12-16-7-4-10-29-16)27(21)15-5-2-1-3-6-15/h4,7-11,15H,1-3,5-6,12-13H2,(H,24,28). The normalized spacial score (nSPS) is 14.7. The maximum atomic E-state index is 13.3. The second kappa shape index (κ2) is 9.70. The van der Waals surface area contributed by atoms with Gasteiger partial charge < -0.3 is 9.88 Å². The summed E-state index contributed by atoms with van der Waals surface area (Å²) in [5.74, 6) is -1.20. The molecule has 1 aromatic carbocycles. The maximum absolute atomic E-state index is 13.3. The minimum atomic E-state index is -0.990. The lowest BCUT2D eigenvalue weighted by Gasteiger charge is -2.25. The van der Waals surface area contributed by atoms with Crippen LogP contribution in [0.4, 0.5) is 14.5 Å². The number of nitrogens with one attached hydrogen (secondary N) is 1. The molecule has 9 heteroatoms.